The van der Waals surface area contributed by atoms with Crippen molar-refractivity contribution in [3.05, 3.63) is 0 Å². The number of hydrogen-bond acceptors (Lipinski definition) is 0. The molecular weight excluding hydrogens is 589 g/mol. The van der Waals surface area contributed by atoms with Gasteiger partial charge in [0.2, 0.25) is 0 Å². The lowest BCUT2D eigenvalue weighted by Crippen LogP contribution is -2.68. The molecule has 0 spiro atoms. The number of hydrogen-bond donors (Lipinski definition) is 0. The van der Waals surface area contributed by atoms with Gasteiger partial charge in [-0.1, -0.05) is 228 Å². The molecule has 0 saturated carbocycles. The highest BCUT2D eigenvalue weighted by Crippen LogP contribution is 2.77. The van der Waals surface area contributed by atoms with E-state index >= 15 is 0 Å². The Morgan fingerprint density at radius 1 is 0.184 bits per heavy atom. The van der Waals surface area contributed by atoms with Gasteiger partial charge in [0.1, 0.15) is 0 Å². The van der Waals surface area contributed by atoms with Gasteiger partial charge in [-0.3, -0.25) is 0 Å². The maximum atomic E-state index is 2.63. The molecule has 0 heterocycles. The lowest BCUT2D eigenvalue weighted by Gasteiger charge is -2.74. The first-order valence-electron chi connectivity index (χ1n) is 20.4. The van der Waals surface area contributed by atoms with E-state index in [1.54, 1.807) is 0 Å². The van der Waals surface area contributed by atoms with Crippen molar-refractivity contribution in [2.24, 2.45) is 87.1 Å². The van der Waals surface area contributed by atoms with Crippen LogP contribution >= 0.6 is 0 Å². The summed E-state index contributed by atoms with van der Waals surface area (Å²) in [6.45, 7) is 84.8. The molecule has 0 aromatic heterocycles. The summed E-state index contributed by atoms with van der Waals surface area (Å²) in [4.78, 5) is 0. The van der Waals surface area contributed by atoms with Crippen molar-refractivity contribution in [1.29, 1.82) is 0 Å². The highest BCUT2D eigenvalue weighted by molar-refractivity contribution is 5.19. The Labute approximate surface area is 314 Å². The van der Waals surface area contributed by atoms with Gasteiger partial charge in [0.15, 0.2) is 0 Å². The Morgan fingerprint density at radius 3 is 0.429 bits per heavy atom. The summed E-state index contributed by atoms with van der Waals surface area (Å²) in [6.07, 6.45) is 0. The van der Waals surface area contributed by atoms with Gasteiger partial charge in [-0.15, -0.1) is 0 Å². The smallest absolute Gasteiger partial charge is 0.0241 e. The van der Waals surface area contributed by atoms with Gasteiger partial charge in [-0.05, 0) is 87.1 Å². The molecule has 0 atom stereocenters. The first kappa shape index (κ1) is 49.0. The average molecular weight is 689 g/mol. The van der Waals surface area contributed by atoms with Gasteiger partial charge in [0.05, 0.1) is 0 Å². The monoisotopic (exact) mass is 689 g/mol. The second kappa shape index (κ2) is 12.3. The minimum Gasteiger partial charge on any atom is -0.0622 e. The fourth-order valence-corrected chi connectivity index (χ4v) is 11.1. The first-order valence-corrected chi connectivity index (χ1v) is 20.4. The summed E-state index contributed by atoms with van der Waals surface area (Å²) in [5.41, 5.74) is 0.722. The van der Waals surface area contributed by atoms with Crippen LogP contribution in [0.25, 0.3) is 0 Å². The molecule has 0 fully saturated rings. The van der Waals surface area contributed by atoms with Crippen molar-refractivity contribution in [1.82, 2.24) is 0 Å². The molecule has 0 radical (unpaired) electrons. The van der Waals surface area contributed by atoms with Gasteiger partial charge < -0.3 is 0 Å². The summed E-state index contributed by atoms with van der Waals surface area (Å²) >= 11 is 0. The Morgan fingerprint density at radius 2 is 0.306 bits per heavy atom. The third-order valence-corrected chi connectivity index (χ3v) is 23.7. The third kappa shape index (κ3) is 5.83. The van der Waals surface area contributed by atoms with E-state index in [2.05, 4.69) is 228 Å². The molecule has 0 aliphatic rings. The molecule has 0 aromatic carbocycles. The Hall–Kier alpha value is 0. The van der Waals surface area contributed by atoms with Crippen LogP contribution in [0.3, 0.4) is 0 Å². The molecule has 0 aromatic rings. The SMILES string of the molecule is CC(C)C(C)(C)C(C)(C)C(C)(C)C(C)(C)C(C)(C)C(C)(C)C(C)(C)C(C)(C)C(C)(C)C(C)(C)C(C)(C)C(C)(C)C(C)(C)C(C)(C)C(C)(C)C. The normalized spacial score (nSPS) is 17.3. The maximum Gasteiger partial charge on any atom is -0.0241 e. The molecular formula is C49H100. The molecule has 49 heavy (non-hydrogen) atoms. The van der Waals surface area contributed by atoms with Gasteiger partial charge >= 0.3 is 0 Å². The van der Waals surface area contributed by atoms with Crippen LogP contribution in [0.4, 0.5) is 0 Å². The molecule has 0 nitrogen and oxygen atoms in total. The van der Waals surface area contributed by atoms with Crippen LogP contribution in [0.15, 0.2) is 0 Å². The van der Waals surface area contributed by atoms with E-state index in [1.807, 2.05) is 0 Å². The van der Waals surface area contributed by atoms with Crippen molar-refractivity contribution < 1.29 is 0 Å². The Bertz CT molecular complexity index is 1150. The van der Waals surface area contributed by atoms with Crippen LogP contribution in [-0.2, 0) is 0 Å². The quantitative estimate of drug-likeness (QED) is 0.170. The van der Waals surface area contributed by atoms with Gasteiger partial charge in [-0.25, -0.2) is 0 Å². The summed E-state index contributed by atoms with van der Waals surface area (Å²) in [6, 6.07) is 0. The predicted octanol–water partition coefficient (Wildman–Crippen LogP) is 17.1. The van der Waals surface area contributed by atoms with Gasteiger partial charge in [0.25, 0.3) is 0 Å². The summed E-state index contributed by atoms with van der Waals surface area (Å²) in [5.74, 6) is 0.596. The zero-order valence-corrected chi connectivity index (χ0v) is 41.1. The molecule has 0 heteroatoms. The number of rotatable bonds is 14. The Balaban J connectivity index is 7.66. The molecule has 0 aliphatic carbocycles. The third-order valence-electron chi connectivity index (χ3n) is 23.7. The molecule has 296 valence electrons. The lowest BCUT2D eigenvalue weighted by atomic mass is 9.31. The highest BCUT2D eigenvalue weighted by Gasteiger charge is 2.71. The lowest BCUT2D eigenvalue weighted by molar-refractivity contribution is -0.257. The average Bonchev–Trinajstić information content (AvgIpc) is 2.86. The Kier molecular flexibility index (Phi) is 12.3. The van der Waals surface area contributed by atoms with Crippen molar-refractivity contribution in [2.75, 3.05) is 0 Å². The zero-order chi connectivity index (χ0) is 41.1. The van der Waals surface area contributed by atoms with E-state index in [-0.39, 0.29) is 81.2 Å². The van der Waals surface area contributed by atoms with Crippen LogP contribution in [0.1, 0.15) is 228 Å². The topological polar surface area (TPSA) is 0 Å². The highest BCUT2D eigenvalue weighted by atomic mass is 14.7. The molecule has 0 unspecified atom stereocenters. The maximum absolute atomic E-state index is 2.63. The zero-order valence-electron chi connectivity index (χ0n) is 41.1. The second-order valence-corrected chi connectivity index (χ2v) is 26.3. The summed E-state index contributed by atoms with van der Waals surface area (Å²) in [7, 11) is 0. The van der Waals surface area contributed by atoms with E-state index in [4.69, 9.17) is 0 Å². The van der Waals surface area contributed by atoms with Gasteiger partial charge in [-0.2, -0.15) is 0 Å². The van der Waals surface area contributed by atoms with E-state index in [0.717, 1.165) is 0 Å². The molecule has 0 rings (SSSR count). The van der Waals surface area contributed by atoms with E-state index in [9.17, 15) is 0 Å². The molecule has 0 aliphatic heterocycles. The van der Waals surface area contributed by atoms with Crippen LogP contribution in [0.2, 0.25) is 0 Å². The van der Waals surface area contributed by atoms with Crippen molar-refractivity contribution in [2.45, 2.75) is 228 Å². The molecule has 0 saturated heterocycles. The van der Waals surface area contributed by atoms with Crippen LogP contribution in [-0.4, -0.2) is 0 Å². The van der Waals surface area contributed by atoms with Crippen LogP contribution < -0.4 is 0 Å². The van der Waals surface area contributed by atoms with E-state index in [1.165, 1.54) is 0 Å². The van der Waals surface area contributed by atoms with Crippen LogP contribution in [0, 0.1) is 87.1 Å². The summed E-state index contributed by atoms with van der Waals surface area (Å²) in [5, 5.41) is 0. The van der Waals surface area contributed by atoms with E-state index < -0.39 is 0 Å². The minimum absolute atomic E-state index is 0.00232. The molecule has 0 N–H and O–H groups in total. The van der Waals surface area contributed by atoms with E-state index in [0.29, 0.717) is 5.92 Å². The molecule has 0 bridgehead atoms. The summed E-state index contributed by atoms with van der Waals surface area (Å²) < 4.78 is 0. The van der Waals surface area contributed by atoms with Crippen molar-refractivity contribution >= 4 is 0 Å². The van der Waals surface area contributed by atoms with Crippen LogP contribution in [0.5, 0.6) is 0 Å². The fourth-order valence-electron chi connectivity index (χ4n) is 11.1. The van der Waals surface area contributed by atoms with Gasteiger partial charge in [0, 0.05) is 0 Å². The predicted molar refractivity (Wildman–Crippen MR) is 227 cm³/mol. The molecule has 0 amide bonds. The van der Waals surface area contributed by atoms with Crippen molar-refractivity contribution in [3.63, 3.8) is 0 Å². The fraction of sp³-hybridized carbons (Fsp3) is 1.00. The second-order valence-electron chi connectivity index (χ2n) is 26.3. The van der Waals surface area contributed by atoms with Crippen molar-refractivity contribution in [3.8, 4) is 0 Å². The largest absolute Gasteiger partial charge is 0.0622 e. The first-order chi connectivity index (χ1) is 20.4. The standard InChI is InChI=1S/C49H100/c1-34(2)36(6,7)38(10,11)40(14,15)42(18,19)44(22,23)46(26,27)48(30,31)49(32,33)47(28,29)45(24,25)43(20,21)41(16,17)39(12,13)37(8,9)35(3,4)5/h34H,1-33H3. The minimum atomic E-state index is -0.0196.